The first-order valence-electron chi connectivity index (χ1n) is 6.83. The number of rotatable bonds is 8. The predicted molar refractivity (Wildman–Crippen MR) is 82.3 cm³/mol. The Morgan fingerprint density at radius 3 is 2.81 bits per heavy atom. The third-order valence-electron chi connectivity index (χ3n) is 2.99. The summed E-state index contributed by atoms with van der Waals surface area (Å²) in [5.74, 6) is 0.488. The number of aliphatic hydroxyl groups excluding tert-OH is 1. The molecule has 0 saturated heterocycles. The fourth-order valence-corrected chi connectivity index (χ4v) is 1.95. The monoisotopic (exact) mass is 293 g/mol. The fraction of sp³-hybridized carbons (Fsp3) is 0.438. The van der Waals surface area contributed by atoms with Crippen molar-refractivity contribution in [1.82, 2.24) is 5.32 Å². The molecule has 0 aromatic heterocycles. The molecule has 0 aliphatic carbocycles. The molecule has 21 heavy (non-hydrogen) atoms. The van der Waals surface area contributed by atoms with Crippen molar-refractivity contribution in [3.8, 4) is 5.75 Å². The molecule has 1 aromatic rings. The van der Waals surface area contributed by atoms with Gasteiger partial charge in [0.25, 0.3) is 0 Å². The van der Waals surface area contributed by atoms with Crippen molar-refractivity contribution >= 4 is 12.0 Å². The van der Waals surface area contributed by atoms with E-state index < -0.39 is 0 Å². The van der Waals surface area contributed by atoms with Gasteiger partial charge in [0.05, 0.1) is 19.8 Å². The van der Waals surface area contributed by atoms with Gasteiger partial charge < -0.3 is 19.9 Å². The van der Waals surface area contributed by atoms with Crippen LogP contribution in [0.1, 0.15) is 17.5 Å². The van der Waals surface area contributed by atoms with Gasteiger partial charge in [-0.2, -0.15) is 0 Å². The summed E-state index contributed by atoms with van der Waals surface area (Å²) in [7, 11) is 3.15. The molecule has 1 amide bonds. The van der Waals surface area contributed by atoms with Crippen LogP contribution in [0.3, 0.4) is 0 Å². The Bertz CT molecular complexity index is 479. The number of carbonyl (C=O) groups is 1. The number of nitrogens with one attached hydrogen (secondary N) is 1. The second-order valence-electron chi connectivity index (χ2n) is 4.75. The lowest BCUT2D eigenvalue weighted by molar-refractivity contribution is -0.117. The van der Waals surface area contributed by atoms with Gasteiger partial charge in [-0.3, -0.25) is 4.79 Å². The number of hydrogen-bond donors (Lipinski definition) is 2. The number of amides is 1. The first kappa shape index (κ1) is 17.2. The molecule has 0 aliphatic heterocycles. The van der Waals surface area contributed by atoms with Gasteiger partial charge in [-0.05, 0) is 31.6 Å². The Hall–Kier alpha value is -1.85. The molecule has 0 saturated carbocycles. The van der Waals surface area contributed by atoms with Crippen LogP contribution in [0.25, 0.3) is 6.08 Å². The molecule has 116 valence electrons. The largest absolute Gasteiger partial charge is 0.496 e. The molecule has 0 radical (unpaired) electrons. The number of benzene rings is 1. The standard InChI is InChI=1S/C16H23NO4/c1-12-4-6-15(21-3)13(10-12)5-7-16(19)17-14(8-9-18)11-20-2/h4-7,10,14,18H,8-9,11H2,1-3H3,(H,17,19)/b7-5+. The van der Waals surface area contributed by atoms with Crippen LogP contribution in [-0.2, 0) is 9.53 Å². The van der Waals surface area contributed by atoms with E-state index in [2.05, 4.69) is 5.32 Å². The third kappa shape index (κ3) is 5.97. The van der Waals surface area contributed by atoms with E-state index in [1.165, 1.54) is 6.08 Å². The molecule has 2 N–H and O–H groups in total. The number of aliphatic hydroxyl groups is 1. The predicted octanol–water partition coefficient (Wildman–Crippen LogP) is 1.53. The molecule has 1 aromatic carbocycles. The maximum atomic E-state index is 11.9. The van der Waals surface area contributed by atoms with Crippen LogP contribution in [0.4, 0.5) is 0 Å². The van der Waals surface area contributed by atoms with Crippen LogP contribution in [-0.4, -0.2) is 44.5 Å². The summed E-state index contributed by atoms with van der Waals surface area (Å²) >= 11 is 0. The zero-order chi connectivity index (χ0) is 15.7. The van der Waals surface area contributed by atoms with Crippen LogP contribution < -0.4 is 10.1 Å². The van der Waals surface area contributed by atoms with Gasteiger partial charge in [0, 0.05) is 25.4 Å². The number of methoxy groups -OCH3 is 2. The summed E-state index contributed by atoms with van der Waals surface area (Å²) in [6.07, 6.45) is 3.63. The van der Waals surface area contributed by atoms with E-state index in [1.54, 1.807) is 20.3 Å². The molecule has 5 nitrogen and oxygen atoms in total. The molecule has 0 spiro atoms. The van der Waals surface area contributed by atoms with E-state index in [-0.39, 0.29) is 18.6 Å². The molecule has 0 heterocycles. The zero-order valence-electron chi connectivity index (χ0n) is 12.8. The lowest BCUT2D eigenvalue weighted by Crippen LogP contribution is -2.37. The lowest BCUT2D eigenvalue weighted by atomic mass is 10.1. The van der Waals surface area contributed by atoms with E-state index in [0.29, 0.717) is 18.8 Å². The SMILES string of the molecule is COCC(CCO)NC(=O)/C=C/c1cc(C)ccc1OC. The molecule has 0 bridgehead atoms. The first-order chi connectivity index (χ1) is 10.1. The van der Waals surface area contributed by atoms with Crippen molar-refractivity contribution in [3.63, 3.8) is 0 Å². The Balaban J connectivity index is 2.70. The highest BCUT2D eigenvalue weighted by Crippen LogP contribution is 2.20. The van der Waals surface area contributed by atoms with Gasteiger partial charge in [0.15, 0.2) is 0 Å². The summed E-state index contributed by atoms with van der Waals surface area (Å²) in [5, 5.41) is 11.7. The fourth-order valence-electron chi connectivity index (χ4n) is 1.95. The van der Waals surface area contributed by atoms with Crippen molar-refractivity contribution in [3.05, 3.63) is 35.4 Å². The molecule has 1 unspecified atom stereocenters. The third-order valence-corrected chi connectivity index (χ3v) is 2.99. The first-order valence-corrected chi connectivity index (χ1v) is 6.83. The topological polar surface area (TPSA) is 67.8 Å². The Morgan fingerprint density at radius 2 is 2.19 bits per heavy atom. The lowest BCUT2D eigenvalue weighted by Gasteiger charge is -2.15. The van der Waals surface area contributed by atoms with Gasteiger partial charge in [0.1, 0.15) is 5.75 Å². The van der Waals surface area contributed by atoms with Crippen LogP contribution in [0.15, 0.2) is 24.3 Å². The van der Waals surface area contributed by atoms with Gasteiger partial charge in [-0.1, -0.05) is 11.6 Å². The molecule has 1 atom stereocenters. The molecule has 0 fully saturated rings. The average molecular weight is 293 g/mol. The molecule has 5 heteroatoms. The second kappa shape index (κ2) is 9.15. The minimum absolute atomic E-state index is 0.00369. The Labute approximate surface area is 125 Å². The number of ether oxygens (including phenoxy) is 2. The Kier molecular flexibility index (Phi) is 7.50. The maximum absolute atomic E-state index is 11.9. The van der Waals surface area contributed by atoms with E-state index in [9.17, 15) is 4.79 Å². The maximum Gasteiger partial charge on any atom is 0.244 e. The number of carbonyl (C=O) groups excluding carboxylic acids is 1. The Morgan fingerprint density at radius 1 is 1.43 bits per heavy atom. The quantitative estimate of drug-likeness (QED) is 0.713. The minimum atomic E-state index is -0.228. The van der Waals surface area contributed by atoms with E-state index in [4.69, 9.17) is 14.6 Å². The van der Waals surface area contributed by atoms with Crippen molar-refractivity contribution in [2.75, 3.05) is 27.4 Å². The summed E-state index contributed by atoms with van der Waals surface area (Å²) < 4.78 is 10.3. The summed E-state index contributed by atoms with van der Waals surface area (Å²) in [5.41, 5.74) is 1.94. The van der Waals surface area contributed by atoms with Gasteiger partial charge >= 0.3 is 0 Å². The molecule has 1 rings (SSSR count). The van der Waals surface area contributed by atoms with Crippen LogP contribution in [0.5, 0.6) is 5.75 Å². The summed E-state index contributed by atoms with van der Waals surface area (Å²) in [6.45, 7) is 2.35. The minimum Gasteiger partial charge on any atom is -0.496 e. The van der Waals surface area contributed by atoms with Crippen molar-refractivity contribution in [2.45, 2.75) is 19.4 Å². The number of aryl methyl sites for hydroxylation is 1. The van der Waals surface area contributed by atoms with Gasteiger partial charge in [0.2, 0.25) is 5.91 Å². The smallest absolute Gasteiger partial charge is 0.244 e. The highest BCUT2D eigenvalue weighted by atomic mass is 16.5. The van der Waals surface area contributed by atoms with Crippen molar-refractivity contribution in [1.29, 1.82) is 0 Å². The van der Waals surface area contributed by atoms with E-state index >= 15 is 0 Å². The second-order valence-corrected chi connectivity index (χ2v) is 4.75. The van der Waals surface area contributed by atoms with E-state index in [1.807, 2.05) is 25.1 Å². The summed E-state index contributed by atoms with van der Waals surface area (Å²) in [4.78, 5) is 11.9. The van der Waals surface area contributed by atoms with Crippen LogP contribution in [0, 0.1) is 6.92 Å². The zero-order valence-corrected chi connectivity index (χ0v) is 12.8. The normalized spacial score (nSPS) is 12.4. The van der Waals surface area contributed by atoms with Crippen LogP contribution in [0.2, 0.25) is 0 Å². The average Bonchev–Trinajstić information content (AvgIpc) is 2.46. The summed E-state index contributed by atoms with van der Waals surface area (Å²) in [6, 6.07) is 5.57. The molecular formula is C16H23NO4. The number of hydrogen-bond acceptors (Lipinski definition) is 4. The molecular weight excluding hydrogens is 270 g/mol. The molecule has 0 aliphatic rings. The highest BCUT2D eigenvalue weighted by molar-refractivity contribution is 5.92. The van der Waals surface area contributed by atoms with Gasteiger partial charge in [-0.25, -0.2) is 0 Å². The van der Waals surface area contributed by atoms with Crippen molar-refractivity contribution in [2.24, 2.45) is 0 Å². The van der Waals surface area contributed by atoms with Crippen molar-refractivity contribution < 1.29 is 19.4 Å². The van der Waals surface area contributed by atoms with Gasteiger partial charge in [-0.15, -0.1) is 0 Å². The highest BCUT2D eigenvalue weighted by Gasteiger charge is 2.09. The van der Waals surface area contributed by atoms with E-state index in [0.717, 1.165) is 11.1 Å². The van der Waals surface area contributed by atoms with Crippen LogP contribution >= 0.6 is 0 Å².